The zero-order chi connectivity index (χ0) is 13.0. The molecule has 2 rings (SSSR count). The molecule has 1 aromatic carbocycles. The molecule has 0 spiro atoms. The summed E-state index contributed by atoms with van der Waals surface area (Å²) in [4.78, 5) is 0. The number of aromatic hydroxyl groups is 1. The number of phenolic OH excluding ortho intramolecular Hbond substituents is 1. The van der Waals surface area contributed by atoms with Crippen molar-refractivity contribution in [2.45, 2.75) is 27.7 Å². The SMILES string of the molecule is CC1=C(C)C(C)[C-]=C1[Si].Cc1cccc(O)c1.Cl.Cl.[CH3-].[CH3-].[Si].[Ti+3]. The van der Waals surface area contributed by atoms with E-state index in [-0.39, 0.29) is 72.4 Å². The monoisotopic (exact) mass is 420 g/mol. The van der Waals surface area contributed by atoms with E-state index in [9.17, 15) is 0 Å². The van der Waals surface area contributed by atoms with Gasteiger partial charge in [0, 0.05) is 21.2 Å². The molecule has 0 bridgehead atoms. The maximum Gasteiger partial charge on any atom is 3.00 e. The van der Waals surface area contributed by atoms with Crippen molar-refractivity contribution in [2.75, 3.05) is 0 Å². The standard InChI is InChI=1S/C8H10Si.C7H8O.2CH3.2ClH.Si.Ti/c1-5-4-8(9)7(3)6(5)2;1-6-3-2-4-7(8)5-6;;;;;;/h5H,1-3H3;2-5,8H,1H3;2*1H3;2*1H;;/q-1;;2*-1;;;;+3. The van der Waals surface area contributed by atoms with E-state index < -0.39 is 0 Å². The summed E-state index contributed by atoms with van der Waals surface area (Å²) in [5.74, 6) is 0.850. The molecule has 1 aliphatic carbocycles. The fourth-order valence-corrected chi connectivity index (χ4v) is 2.00. The van der Waals surface area contributed by atoms with Crippen molar-refractivity contribution >= 4 is 46.0 Å². The van der Waals surface area contributed by atoms with Gasteiger partial charge >= 0.3 is 21.7 Å². The number of benzene rings is 1. The van der Waals surface area contributed by atoms with Crippen LogP contribution in [0.15, 0.2) is 40.6 Å². The van der Waals surface area contributed by atoms with E-state index in [1.807, 2.05) is 19.1 Å². The van der Waals surface area contributed by atoms with Crippen LogP contribution in [-0.4, -0.2) is 26.3 Å². The van der Waals surface area contributed by atoms with Crippen molar-refractivity contribution in [1.29, 1.82) is 0 Å². The number of allylic oxidation sites excluding steroid dienone is 4. The minimum Gasteiger partial charge on any atom is -0.508 e. The van der Waals surface area contributed by atoms with Gasteiger partial charge in [0.15, 0.2) is 0 Å². The molecule has 1 atom stereocenters. The Kier molecular flexibility index (Phi) is 31.2. The summed E-state index contributed by atoms with van der Waals surface area (Å²) in [5, 5.41) is 9.95. The molecule has 23 heavy (non-hydrogen) atoms. The van der Waals surface area contributed by atoms with E-state index in [2.05, 4.69) is 37.1 Å². The summed E-state index contributed by atoms with van der Waals surface area (Å²) in [7, 11) is 3.48. The first-order chi connectivity index (χ1) is 7.91. The Morgan fingerprint density at radius 1 is 1.09 bits per heavy atom. The number of aryl methyl sites for hydroxylation is 1. The summed E-state index contributed by atoms with van der Waals surface area (Å²) >= 11 is 0. The number of halogens is 2. The van der Waals surface area contributed by atoms with E-state index in [4.69, 9.17) is 5.11 Å². The Morgan fingerprint density at radius 3 is 1.74 bits per heavy atom. The van der Waals surface area contributed by atoms with Crippen molar-refractivity contribution in [2.24, 2.45) is 5.92 Å². The molecule has 0 aromatic heterocycles. The normalized spacial score (nSPS) is 13.8. The summed E-state index contributed by atoms with van der Waals surface area (Å²) in [6.07, 6.45) is 3.27. The Balaban J connectivity index is -0.0000000500. The zero-order valence-electron chi connectivity index (χ0n) is 14.7. The maximum atomic E-state index is 8.81. The van der Waals surface area contributed by atoms with Gasteiger partial charge in [-0.15, -0.1) is 31.7 Å². The zero-order valence-corrected chi connectivity index (χ0v) is 19.8. The van der Waals surface area contributed by atoms with Gasteiger partial charge in [0.2, 0.25) is 0 Å². The molecule has 0 aliphatic heterocycles. The molecular formula is C17H26Cl2OSi2Ti. The minimum atomic E-state index is 0. The fourth-order valence-electron chi connectivity index (χ4n) is 1.58. The van der Waals surface area contributed by atoms with Gasteiger partial charge in [-0.1, -0.05) is 31.9 Å². The van der Waals surface area contributed by atoms with E-state index >= 15 is 0 Å². The third kappa shape index (κ3) is 13.2. The van der Waals surface area contributed by atoms with Crippen molar-refractivity contribution in [3.8, 4) is 5.75 Å². The summed E-state index contributed by atoms with van der Waals surface area (Å²) in [5.41, 5.74) is 3.86. The van der Waals surface area contributed by atoms with Gasteiger partial charge in [-0.3, -0.25) is 6.08 Å². The van der Waals surface area contributed by atoms with Crippen LogP contribution in [-0.2, 0) is 21.7 Å². The van der Waals surface area contributed by atoms with Gasteiger partial charge in [0.25, 0.3) is 0 Å². The Morgan fingerprint density at radius 2 is 1.57 bits per heavy atom. The molecule has 1 nitrogen and oxygen atoms in total. The van der Waals surface area contributed by atoms with Crippen LogP contribution in [0.2, 0.25) is 0 Å². The van der Waals surface area contributed by atoms with Crippen LogP contribution in [0.4, 0.5) is 0 Å². The molecule has 0 amide bonds. The van der Waals surface area contributed by atoms with Crippen molar-refractivity contribution in [3.05, 3.63) is 67.1 Å². The third-order valence-electron chi connectivity index (χ3n) is 2.98. The summed E-state index contributed by atoms with van der Waals surface area (Å²) in [6.45, 7) is 8.38. The first-order valence-corrected chi connectivity index (χ1v) is 6.20. The van der Waals surface area contributed by atoms with Gasteiger partial charge in [-0.2, -0.15) is 5.57 Å². The number of hydrogen-bond acceptors (Lipinski definition) is 1. The predicted octanol–water partition coefficient (Wildman–Crippen LogP) is 4.89. The second kappa shape index (κ2) is 18.6. The largest absolute Gasteiger partial charge is 3.00 e. The smallest absolute Gasteiger partial charge is 0.508 e. The summed E-state index contributed by atoms with van der Waals surface area (Å²) < 4.78 is 0. The minimum absolute atomic E-state index is 0. The van der Waals surface area contributed by atoms with Crippen molar-refractivity contribution in [3.63, 3.8) is 0 Å². The van der Waals surface area contributed by atoms with E-state index in [1.165, 1.54) is 11.1 Å². The fraction of sp³-hybridized carbons (Fsp3) is 0.294. The molecule has 0 heterocycles. The van der Waals surface area contributed by atoms with E-state index in [0.717, 1.165) is 10.8 Å². The first-order valence-electron chi connectivity index (χ1n) is 5.70. The van der Waals surface area contributed by atoms with Gasteiger partial charge in [-0.25, -0.2) is 10.8 Å². The second-order valence-corrected chi connectivity index (χ2v) is 4.89. The number of phenols is 1. The van der Waals surface area contributed by atoms with Crippen LogP contribution < -0.4 is 0 Å². The molecule has 1 unspecified atom stereocenters. The topological polar surface area (TPSA) is 20.2 Å². The quantitative estimate of drug-likeness (QED) is 0.467. The van der Waals surface area contributed by atoms with Crippen LogP contribution in [0.25, 0.3) is 0 Å². The van der Waals surface area contributed by atoms with Gasteiger partial charge in [0.05, 0.1) is 0 Å². The second-order valence-electron chi connectivity index (χ2n) is 4.39. The van der Waals surface area contributed by atoms with E-state index in [0.29, 0.717) is 11.7 Å². The maximum absolute atomic E-state index is 8.81. The molecule has 1 N–H and O–H groups in total. The molecule has 0 fully saturated rings. The third-order valence-corrected chi connectivity index (χ3v) is 3.50. The van der Waals surface area contributed by atoms with Crippen LogP contribution in [0, 0.1) is 33.8 Å². The molecule has 0 saturated carbocycles. The van der Waals surface area contributed by atoms with Crippen LogP contribution in [0.3, 0.4) is 0 Å². The molecule has 6 heteroatoms. The van der Waals surface area contributed by atoms with Gasteiger partial charge in [0.1, 0.15) is 5.75 Å². The number of rotatable bonds is 0. The van der Waals surface area contributed by atoms with Crippen molar-refractivity contribution < 1.29 is 26.8 Å². The van der Waals surface area contributed by atoms with E-state index in [1.54, 1.807) is 12.1 Å². The Bertz CT molecular complexity index is 460. The van der Waals surface area contributed by atoms with Crippen molar-refractivity contribution in [1.82, 2.24) is 0 Å². The average molecular weight is 421 g/mol. The molecule has 0 saturated heterocycles. The first kappa shape index (κ1) is 38.7. The number of hydrogen-bond donors (Lipinski definition) is 1. The predicted molar refractivity (Wildman–Crippen MR) is 106 cm³/mol. The molecule has 126 valence electrons. The summed E-state index contributed by atoms with van der Waals surface area (Å²) in [6, 6.07) is 7.15. The molecular weight excluding hydrogens is 395 g/mol. The van der Waals surface area contributed by atoms with Gasteiger partial charge in [-0.05, 0) is 24.6 Å². The molecule has 8 radical (unpaired) electrons. The van der Waals surface area contributed by atoms with Crippen LogP contribution >= 0.6 is 24.8 Å². The average Bonchev–Trinajstić information content (AvgIpc) is 2.46. The van der Waals surface area contributed by atoms with Crippen LogP contribution in [0.5, 0.6) is 5.75 Å². The molecule has 1 aromatic rings. The van der Waals surface area contributed by atoms with Gasteiger partial charge < -0.3 is 20.0 Å². The van der Waals surface area contributed by atoms with Crippen LogP contribution in [0.1, 0.15) is 26.3 Å². The Labute approximate surface area is 178 Å². The molecule has 1 aliphatic rings. The Hall–Kier alpha value is 0.228.